The Morgan fingerprint density at radius 3 is 1.67 bits per heavy atom. The summed E-state index contributed by atoms with van der Waals surface area (Å²) in [5.41, 5.74) is -0.228. The molecular formula is C35H66N8. The van der Waals surface area contributed by atoms with E-state index in [1.807, 2.05) is 0 Å². The molecule has 0 saturated carbocycles. The Hall–Kier alpha value is -1.35. The van der Waals surface area contributed by atoms with Crippen molar-refractivity contribution >= 4 is 17.6 Å². The average molecular weight is 599 g/mol. The van der Waals surface area contributed by atoms with Gasteiger partial charge in [-0.05, 0) is 113 Å². The summed E-state index contributed by atoms with van der Waals surface area (Å²) in [5, 5.41) is 19.9. The molecule has 2 unspecified atom stereocenters. The lowest BCUT2D eigenvalue weighted by Crippen LogP contribution is -2.78. The largest absolute Gasteiger partial charge is 0.349 e. The maximum absolute atomic E-state index is 5.17. The number of fused-ring (bicyclic) bond motifs is 2. The molecule has 246 valence electrons. The van der Waals surface area contributed by atoms with Crippen molar-refractivity contribution in [2.45, 2.75) is 200 Å². The molecule has 2 atom stereocenters. The van der Waals surface area contributed by atoms with Crippen molar-refractivity contribution < 1.29 is 0 Å². The highest BCUT2D eigenvalue weighted by atomic mass is 15.4. The van der Waals surface area contributed by atoms with Gasteiger partial charge in [0.25, 0.3) is 0 Å². The first-order valence-electron chi connectivity index (χ1n) is 17.1. The van der Waals surface area contributed by atoms with Gasteiger partial charge in [-0.1, -0.05) is 40.5 Å². The van der Waals surface area contributed by atoms with Crippen LogP contribution in [0.3, 0.4) is 0 Å². The molecular weight excluding hydrogens is 532 g/mol. The van der Waals surface area contributed by atoms with Crippen LogP contribution < -0.4 is 26.6 Å². The van der Waals surface area contributed by atoms with Crippen molar-refractivity contribution in [2.75, 3.05) is 0 Å². The van der Waals surface area contributed by atoms with E-state index in [-0.39, 0.29) is 39.2 Å². The van der Waals surface area contributed by atoms with Gasteiger partial charge in [-0.2, -0.15) is 9.98 Å². The molecule has 0 aromatic heterocycles. The second kappa shape index (κ2) is 11.5. The van der Waals surface area contributed by atoms with E-state index in [2.05, 4.69) is 124 Å². The Morgan fingerprint density at radius 2 is 1.23 bits per heavy atom. The number of amidine groups is 2. The summed E-state index contributed by atoms with van der Waals surface area (Å²) < 4.78 is 0. The van der Waals surface area contributed by atoms with E-state index in [1.54, 1.807) is 0 Å². The summed E-state index contributed by atoms with van der Waals surface area (Å²) in [7, 11) is 0. The van der Waals surface area contributed by atoms with Crippen molar-refractivity contribution in [2.24, 2.45) is 20.4 Å². The molecule has 4 heterocycles. The van der Waals surface area contributed by atoms with Crippen molar-refractivity contribution in [3.05, 3.63) is 0 Å². The summed E-state index contributed by atoms with van der Waals surface area (Å²) in [6, 6.07) is 0.862. The van der Waals surface area contributed by atoms with Gasteiger partial charge in [0, 0.05) is 45.8 Å². The fourth-order valence-electron chi connectivity index (χ4n) is 9.35. The van der Waals surface area contributed by atoms with Crippen molar-refractivity contribution in [3.63, 3.8) is 0 Å². The fraction of sp³-hybridized carbons (Fsp3) is 0.914. The summed E-state index contributed by atoms with van der Waals surface area (Å²) in [4.78, 5) is 15.3. The second-order valence-corrected chi connectivity index (χ2v) is 18.9. The van der Waals surface area contributed by atoms with Gasteiger partial charge in [-0.25, -0.2) is 4.99 Å². The number of hydrogen-bond acceptors (Lipinski definition) is 8. The zero-order chi connectivity index (χ0) is 32.3. The molecule has 4 aliphatic heterocycles. The van der Waals surface area contributed by atoms with Gasteiger partial charge in [0.1, 0.15) is 0 Å². The molecule has 0 aromatic carbocycles. The van der Waals surface area contributed by atoms with Crippen LogP contribution in [0.25, 0.3) is 0 Å². The van der Waals surface area contributed by atoms with Gasteiger partial charge in [0.15, 0.2) is 17.2 Å². The summed E-state index contributed by atoms with van der Waals surface area (Å²) in [6.07, 6.45) is 8.62. The van der Waals surface area contributed by atoms with Gasteiger partial charge in [-0.3, -0.25) is 5.32 Å². The molecule has 0 aliphatic carbocycles. The number of piperidine rings is 2. The molecule has 43 heavy (non-hydrogen) atoms. The minimum Gasteiger partial charge on any atom is -0.349 e. The van der Waals surface area contributed by atoms with E-state index in [1.165, 1.54) is 0 Å². The van der Waals surface area contributed by atoms with Crippen LogP contribution in [-0.2, 0) is 0 Å². The number of guanidine groups is 1. The molecule has 4 rings (SSSR count). The zero-order valence-electron chi connectivity index (χ0n) is 30.2. The van der Waals surface area contributed by atoms with E-state index >= 15 is 0 Å². The molecule has 8 nitrogen and oxygen atoms in total. The van der Waals surface area contributed by atoms with Crippen LogP contribution in [0.5, 0.6) is 0 Å². The third-order valence-corrected chi connectivity index (χ3v) is 9.38. The number of nitrogens with zero attached hydrogens (tertiary/aromatic N) is 3. The van der Waals surface area contributed by atoms with Crippen LogP contribution in [0, 0.1) is 5.41 Å². The van der Waals surface area contributed by atoms with E-state index < -0.39 is 5.54 Å². The summed E-state index contributed by atoms with van der Waals surface area (Å²) >= 11 is 0. The molecule has 2 bridgehead atoms. The SMILES string of the molecule is CCCCC(NC1CC(C)(C)NC(C)(C)C1)C1(NC2CC(C)(C)NC(C)(C)C2)c2nc(NC(C)(C)CC(C)(C)C)nc1n2. The number of aliphatic imine (C=N–C) groups is 3. The van der Waals surface area contributed by atoms with Crippen molar-refractivity contribution in [1.82, 2.24) is 26.6 Å². The van der Waals surface area contributed by atoms with Crippen molar-refractivity contribution in [1.29, 1.82) is 0 Å². The van der Waals surface area contributed by atoms with Crippen molar-refractivity contribution in [3.8, 4) is 0 Å². The Morgan fingerprint density at radius 1 is 0.744 bits per heavy atom. The lowest BCUT2D eigenvalue weighted by molar-refractivity contribution is 0.116. The quantitative estimate of drug-likeness (QED) is 0.210. The normalized spacial score (nSPS) is 29.2. The van der Waals surface area contributed by atoms with Crippen LogP contribution in [0.1, 0.15) is 148 Å². The van der Waals surface area contributed by atoms with Gasteiger partial charge in [-0.15, -0.1) is 0 Å². The summed E-state index contributed by atoms with van der Waals surface area (Å²) in [5.74, 6) is 2.49. The minimum atomic E-state index is -0.498. The summed E-state index contributed by atoms with van der Waals surface area (Å²) in [6.45, 7) is 32.3. The molecule has 2 saturated heterocycles. The number of nitrogens with one attached hydrogen (secondary N) is 5. The molecule has 8 heteroatoms. The molecule has 2 fully saturated rings. The maximum atomic E-state index is 5.17. The highest BCUT2D eigenvalue weighted by Crippen LogP contribution is 2.39. The molecule has 5 N–H and O–H groups in total. The van der Waals surface area contributed by atoms with Crippen LogP contribution in [0.2, 0.25) is 0 Å². The van der Waals surface area contributed by atoms with E-state index in [0.29, 0.717) is 18.0 Å². The van der Waals surface area contributed by atoms with E-state index in [4.69, 9.17) is 15.0 Å². The third kappa shape index (κ3) is 8.47. The average Bonchev–Trinajstić information content (AvgIpc) is 2.74. The minimum absolute atomic E-state index is 0.0332. The lowest BCUT2D eigenvalue weighted by atomic mass is 9.73. The standard InChI is InChI=1S/C35H66N8/c1-15-16-17-25(36-23-18-30(5,6)42-31(7,8)19-23)35(40-24-20-32(9,10)43-33(11,12)21-24)26-37-27(35)39-28(38-26)41-34(13,14)22-29(2,3)4/h23-25,36,40,42-43H,15-22H2,1-14H3,(H,37,38,39,41). The van der Waals surface area contributed by atoms with Crippen LogP contribution in [0.4, 0.5) is 0 Å². The highest BCUT2D eigenvalue weighted by Gasteiger charge is 2.59. The monoisotopic (exact) mass is 599 g/mol. The number of rotatable bonds is 10. The zero-order valence-corrected chi connectivity index (χ0v) is 30.2. The topological polar surface area (TPSA) is 97.2 Å². The van der Waals surface area contributed by atoms with Crippen LogP contribution >= 0.6 is 0 Å². The van der Waals surface area contributed by atoms with Gasteiger partial charge in [0.2, 0.25) is 5.96 Å². The number of unbranched alkanes of at least 4 members (excludes halogenated alkanes) is 1. The predicted octanol–water partition coefficient (Wildman–Crippen LogP) is 6.07. The Labute approximate surface area is 264 Å². The molecule has 0 amide bonds. The van der Waals surface area contributed by atoms with Crippen LogP contribution in [-0.4, -0.2) is 69.0 Å². The Balaban J connectivity index is 1.69. The molecule has 0 aromatic rings. The first-order valence-corrected chi connectivity index (χ1v) is 17.1. The first-order chi connectivity index (χ1) is 19.4. The van der Waals surface area contributed by atoms with E-state index in [9.17, 15) is 0 Å². The maximum Gasteiger partial charge on any atom is 0.226 e. The lowest BCUT2D eigenvalue weighted by Gasteiger charge is -2.55. The van der Waals surface area contributed by atoms with Crippen LogP contribution in [0.15, 0.2) is 15.0 Å². The third-order valence-electron chi connectivity index (χ3n) is 9.38. The highest BCUT2D eigenvalue weighted by molar-refractivity contribution is 6.34. The molecule has 4 aliphatic rings. The molecule has 0 radical (unpaired) electrons. The number of hydrogen-bond donors (Lipinski definition) is 5. The predicted molar refractivity (Wildman–Crippen MR) is 185 cm³/mol. The van der Waals surface area contributed by atoms with Gasteiger partial charge < -0.3 is 21.3 Å². The van der Waals surface area contributed by atoms with Gasteiger partial charge >= 0.3 is 0 Å². The van der Waals surface area contributed by atoms with Gasteiger partial charge in [0.05, 0.1) is 0 Å². The Kier molecular flexibility index (Phi) is 9.21. The Bertz CT molecular complexity index is 1080. The smallest absolute Gasteiger partial charge is 0.226 e. The van der Waals surface area contributed by atoms with E-state index in [0.717, 1.165) is 63.0 Å². The molecule has 0 spiro atoms. The second-order valence-electron chi connectivity index (χ2n) is 18.9. The fourth-order valence-corrected chi connectivity index (χ4v) is 9.35. The first kappa shape index (κ1) is 34.5.